The first-order chi connectivity index (χ1) is 70.4. The predicted octanol–water partition coefficient (Wildman–Crippen LogP) is 24.7. The standard InChI is InChI=1S/C34H31N2O.C19H16N2O.2C18H15N3O.C16H15F3N2O.C15H16N2O2.BrH/c1-26-34-32(20-22-35(26)21-19-27-11-5-2-6-12-27)31-18-17-30(37-25-29-15-9-4-10-16-29)23-33(31)36(34)24-28-13-7-3-8-14-28;1-13-19-17(9-10-20-13)16-8-7-15(11-18(16)21-19)22-12-14-5-3-2-4-6-14;1-12-18-16(6-9-20-12)15-3-2-14(10-17(15)21-18)22-11-13-4-7-19-8-5-13;1-12-18-16(6-8-20-12)15-5-4-14(9-17(15)21-18)22-11-13-3-2-7-19-10-13;1-10-15-13(5-7-20-10)12-4-3-11(9-14(12)21-15)22-8-2-6-16(17,18)19;1-10-15-13(5-6-16-10)12-4-3-11(9-14(12)17-15)19-8-7-18-2;/h2-18,20,22-23H,19,21,24-25H2,1H3;2-11,21H,12H2,1H3;2*2-10,21H,11H2,1H3;3-5,7,9,21H,2,6,8H2,1H3;3-6,9,17H,7-8H2,1-2H3;1H/q+1;;;;;;/p-1. The van der Waals surface area contributed by atoms with E-state index in [-0.39, 0.29) is 30.0 Å². The molecule has 145 heavy (non-hydrogen) atoms. The molecule has 0 aliphatic rings. The minimum atomic E-state index is -4.13. The highest BCUT2D eigenvalue weighted by molar-refractivity contribution is 6.13. The topological polar surface area (TPSA) is 243 Å². The number of benzene rings is 10. The van der Waals surface area contributed by atoms with Gasteiger partial charge >= 0.3 is 6.18 Å². The van der Waals surface area contributed by atoms with Gasteiger partial charge in [0, 0.05) is 202 Å². The maximum atomic E-state index is 12.1. The second-order valence-corrected chi connectivity index (χ2v) is 35.4. The van der Waals surface area contributed by atoms with Gasteiger partial charge in [-0.15, -0.1) is 0 Å². The van der Waals surface area contributed by atoms with Gasteiger partial charge in [0.15, 0.2) is 12.7 Å². The van der Waals surface area contributed by atoms with E-state index < -0.39 is 12.6 Å². The van der Waals surface area contributed by atoms with Crippen molar-refractivity contribution in [2.75, 3.05) is 26.9 Å². The number of hydrogen-bond donors (Lipinski definition) is 5. The Hall–Kier alpha value is -16.8. The first-order valence-corrected chi connectivity index (χ1v) is 48.0. The van der Waals surface area contributed by atoms with Gasteiger partial charge in [0.05, 0.1) is 102 Å². The fourth-order valence-electron chi connectivity index (χ4n) is 18.1. The molecule has 0 saturated carbocycles. The summed E-state index contributed by atoms with van der Waals surface area (Å²) in [7, 11) is 1.67. The van der Waals surface area contributed by atoms with Crippen molar-refractivity contribution in [1.82, 2.24) is 64.4 Å². The molecule has 24 rings (SSSR count). The van der Waals surface area contributed by atoms with Crippen LogP contribution in [0.2, 0.25) is 0 Å². The quantitative estimate of drug-likeness (QED) is 0.0264. The van der Waals surface area contributed by atoms with E-state index in [1.165, 1.54) is 92.8 Å². The summed E-state index contributed by atoms with van der Waals surface area (Å²) >= 11 is 0. The first kappa shape index (κ1) is 98.4. The molecule has 0 unspecified atom stereocenters. The Labute approximate surface area is 846 Å². The summed E-state index contributed by atoms with van der Waals surface area (Å²) in [5.41, 5.74) is 26.3. The number of methoxy groups -OCH3 is 1. The van der Waals surface area contributed by atoms with Crippen molar-refractivity contribution >= 4 is 131 Å². The summed E-state index contributed by atoms with van der Waals surface area (Å²) in [5, 5.41) is 14.2. The molecule has 10 aromatic carbocycles. The lowest BCUT2D eigenvalue weighted by atomic mass is 10.1. The number of fused-ring (bicyclic) bond motifs is 18. The van der Waals surface area contributed by atoms with Gasteiger partial charge < -0.3 is 79.6 Å². The molecule has 728 valence electrons. The molecule has 0 atom stereocenters. The highest BCUT2D eigenvalue weighted by Gasteiger charge is 2.27. The van der Waals surface area contributed by atoms with E-state index in [2.05, 4.69) is 234 Å². The third-order valence-corrected chi connectivity index (χ3v) is 25.6. The molecule has 0 amide bonds. The Kier molecular flexibility index (Phi) is 31.1. The highest BCUT2D eigenvalue weighted by Crippen LogP contribution is 2.39. The van der Waals surface area contributed by atoms with E-state index in [1.807, 2.05) is 199 Å². The van der Waals surface area contributed by atoms with Gasteiger partial charge in [-0.25, -0.2) is 4.57 Å². The van der Waals surface area contributed by atoms with E-state index in [0.717, 1.165) is 154 Å². The number of nitrogens with one attached hydrogen (secondary N) is 5. The van der Waals surface area contributed by atoms with Crippen molar-refractivity contribution in [3.63, 3.8) is 0 Å². The number of halogens is 4. The molecular weight excluding hydrogens is 1890 g/mol. The molecule has 0 fully saturated rings. The molecule has 14 aromatic heterocycles. The normalized spacial score (nSPS) is 11.3. The summed E-state index contributed by atoms with van der Waals surface area (Å²) < 4.78 is 80.9. The molecule has 21 nitrogen and oxygen atoms in total. The number of ether oxygens (including phenoxy) is 7. The molecule has 0 aliphatic carbocycles. The Morgan fingerprint density at radius 3 is 1.03 bits per heavy atom. The average molecular weight is 2000 g/mol. The van der Waals surface area contributed by atoms with E-state index in [0.29, 0.717) is 45.4 Å². The number of H-pyrrole nitrogens is 5. The molecule has 5 N–H and O–H groups in total. The van der Waals surface area contributed by atoms with Gasteiger partial charge in [-0.05, 0) is 190 Å². The Bertz CT molecular complexity index is 8160. The van der Waals surface area contributed by atoms with Crippen LogP contribution in [0.1, 0.15) is 80.4 Å². The second kappa shape index (κ2) is 45.9. The molecule has 0 spiro atoms. The van der Waals surface area contributed by atoms with Crippen LogP contribution < -0.4 is 50.0 Å². The summed E-state index contributed by atoms with van der Waals surface area (Å²) in [5.74, 6) is 4.86. The largest absolute Gasteiger partial charge is 1.00 e. The first-order valence-electron chi connectivity index (χ1n) is 48.0. The van der Waals surface area contributed by atoms with Crippen molar-refractivity contribution in [2.24, 2.45) is 0 Å². The Morgan fingerprint density at radius 2 is 0.655 bits per heavy atom. The average Bonchev–Trinajstić information content (AvgIpc) is 1.37. The van der Waals surface area contributed by atoms with Crippen LogP contribution in [0.15, 0.2) is 353 Å². The van der Waals surface area contributed by atoms with Gasteiger partial charge in [0.2, 0.25) is 5.69 Å². The molecular formula is C120H108BrF3N14O7. The molecule has 0 aliphatic heterocycles. The van der Waals surface area contributed by atoms with Crippen LogP contribution in [0.25, 0.3) is 131 Å². The minimum Gasteiger partial charge on any atom is -1.00 e. The van der Waals surface area contributed by atoms with Crippen LogP contribution in [-0.4, -0.2) is 97.5 Å². The lowest BCUT2D eigenvalue weighted by Crippen LogP contribution is -3.00. The van der Waals surface area contributed by atoms with Crippen molar-refractivity contribution in [3.8, 4) is 34.5 Å². The predicted molar refractivity (Wildman–Crippen MR) is 569 cm³/mol. The summed E-state index contributed by atoms with van der Waals surface area (Å²) in [4.78, 5) is 46.6. The van der Waals surface area contributed by atoms with Gasteiger partial charge in [0.1, 0.15) is 73.0 Å². The van der Waals surface area contributed by atoms with Crippen LogP contribution in [0.3, 0.4) is 0 Å². The van der Waals surface area contributed by atoms with E-state index in [4.69, 9.17) is 33.2 Å². The Morgan fingerprint density at radius 1 is 0.310 bits per heavy atom. The molecule has 14 heterocycles. The minimum absolute atomic E-state index is 0. The number of rotatable bonds is 25. The van der Waals surface area contributed by atoms with Crippen molar-refractivity contribution in [3.05, 3.63) is 421 Å². The van der Waals surface area contributed by atoms with Crippen LogP contribution in [0, 0.1) is 41.5 Å². The molecule has 0 saturated heterocycles. The third-order valence-electron chi connectivity index (χ3n) is 25.6. The maximum Gasteiger partial charge on any atom is 0.389 e. The molecule has 0 radical (unpaired) electrons. The lowest BCUT2D eigenvalue weighted by molar-refractivity contribution is -0.701. The third kappa shape index (κ3) is 23.7. The second-order valence-electron chi connectivity index (χ2n) is 35.4. The number of aryl methyl sites for hydroxylation is 8. The molecule has 25 heteroatoms. The SMILES string of the molecule is COCCOc1ccc2c(c1)[nH]c1c(C)nccc12.Cc1c2c(cc[n+]1CCc1ccccc1)c1ccc(OCc3ccccc3)cc1n2Cc1ccccc1.Cc1nccc2c1[nH]c1cc(OCCCC(F)(F)F)ccc12.Cc1nccc2c1[nH]c1cc(OCc3ccccc3)ccc12.Cc1nccc2c1[nH]c1cc(OCc3cccnc3)ccc12.Cc1nccc2c1[nH]c1cc(OCc3ccncc3)ccc12.[Br-]. The number of nitrogens with zero attached hydrogens (tertiary/aromatic N) is 9. The number of pyridine rings is 8. The van der Waals surface area contributed by atoms with Crippen LogP contribution in [-0.2, 0) is 50.7 Å². The van der Waals surface area contributed by atoms with E-state index in [1.54, 1.807) is 38.0 Å². The molecule has 24 aromatic rings. The zero-order chi connectivity index (χ0) is 98.8. The van der Waals surface area contributed by atoms with Crippen LogP contribution >= 0.6 is 0 Å². The van der Waals surface area contributed by atoms with E-state index >= 15 is 0 Å². The summed E-state index contributed by atoms with van der Waals surface area (Å²) in [6.45, 7) is 17.4. The van der Waals surface area contributed by atoms with Crippen LogP contribution in [0.4, 0.5) is 13.2 Å². The van der Waals surface area contributed by atoms with Gasteiger partial charge in [-0.2, -0.15) is 13.2 Å². The number of alkyl halides is 3. The fraction of sp³-hybridized carbons (Fsp3) is 0.167. The van der Waals surface area contributed by atoms with E-state index in [9.17, 15) is 13.2 Å². The zero-order valence-corrected chi connectivity index (χ0v) is 83.0. The summed E-state index contributed by atoms with van der Waals surface area (Å²) in [6.07, 6.45) is 14.5. The van der Waals surface area contributed by atoms with Gasteiger partial charge in [0.25, 0.3) is 0 Å². The maximum absolute atomic E-state index is 12.1. The smallest absolute Gasteiger partial charge is 0.389 e. The van der Waals surface area contributed by atoms with Gasteiger partial charge in [-0.3, -0.25) is 34.9 Å². The zero-order valence-electron chi connectivity index (χ0n) is 81.4. The summed E-state index contributed by atoms with van der Waals surface area (Å²) in [6, 6.07) is 98.7. The monoisotopic (exact) mass is 1990 g/mol. The number of hydrogen-bond acceptors (Lipinski definition) is 14. The fourth-order valence-corrected chi connectivity index (χ4v) is 18.1. The Balaban J connectivity index is 0.000000116. The van der Waals surface area contributed by atoms with Gasteiger partial charge in [-0.1, -0.05) is 127 Å². The van der Waals surface area contributed by atoms with Crippen molar-refractivity contribution in [1.29, 1.82) is 0 Å². The van der Waals surface area contributed by atoms with Crippen molar-refractivity contribution in [2.45, 2.75) is 106 Å². The highest BCUT2D eigenvalue weighted by atomic mass is 79.9. The van der Waals surface area contributed by atoms with Crippen LogP contribution in [0.5, 0.6) is 34.5 Å². The lowest BCUT2D eigenvalue weighted by Gasteiger charge is -2.11. The number of aromatic nitrogens is 14. The van der Waals surface area contributed by atoms with Crippen molar-refractivity contribution < 1.29 is 67.9 Å². The number of aromatic amines is 5. The molecule has 0 bridgehead atoms.